The van der Waals surface area contributed by atoms with Crippen LogP contribution < -0.4 is 0 Å². The number of hydrogen-bond acceptors (Lipinski definition) is 3. The third-order valence-corrected chi connectivity index (χ3v) is 3.28. The Bertz CT molecular complexity index is 476. The molecular weight excluding hydrogens is 230 g/mol. The number of phenolic OH excluding ortho intramolecular Hbond substituents is 1. The van der Waals surface area contributed by atoms with E-state index in [1.807, 2.05) is 0 Å². The second kappa shape index (κ2) is 4.44. The maximum atomic E-state index is 12.0. The van der Waals surface area contributed by atoms with Gasteiger partial charge in [-0.3, -0.25) is 14.5 Å². The van der Waals surface area contributed by atoms with Crippen LogP contribution in [-0.2, 0) is 16.0 Å². The van der Waals surface area contributed by atoms with Crippen molar-refractivity contribution in [1.82, 2.24) is 4.90 Å². The molecule has 0 aromatic heterocycles. The average Bonchev–Trinajstić information content (AvgIpc) is 2.49. The van der Waals surface area contributed by atoms with Gasteiger partial charge in [-0.25, -0.2) is 0 Å². The Labute approximate surface area is 106 Å². The molecule has 2 amide bonds. The Morgan fingerprint density at radius 3 is 2.33 bits per heavy atom. The van der Waals surface area contributed by atoms with E-state index in [0.717, 1.165) is 5.56 Å². The molecule has 0 saturated carbocycles. The standard InChI is InChI=1S/C14H17NO3/c1-14(2)9-12(17)15(13(14)18)8-7-10-3-5-11(16)6-4-10/h3-6,16H,7-9H2,1-2H3. The summed E-state index contributed by atoms with van der Waals surface area (Å²) in [6, 6.07) is 6.80. The first kappa shape index (κ1) is 12.6. The van der Waals surface area contributed by atoms with Gasteiger partial charge in [-0.2, -0.15) is 0 Å². The van der Waals surface area contributed by atoms with Crippen LogP contribution in [0.4, 0.5) is 0 Å². The van der Waals surface area contributed by atoms with Gasteiger partial charge in [-0.15, -0.1) is 0 Å². The van der Waals surface area contributed by atoms with Crippen LogP contribution in [0, 0.1) is 5.41 Å². The zero-order valence-electron chi connectivity index (χ0n) is 10.6. The molecule has 1 heterocycles. The highest BCUT2D eigenvalue weighted by molar-refractivity contribution is 6.05. The molecule has 2 rings (SSSR count). The molecule has 4 nitrogen and oxygen atoms in total. The van der Waals surface area contributed by atoms with Crippen molar-refractivity contribution in [2.75, 3.05) is 6.54 Å². The quantitative estimate of drug-likeness (QED) is 0.827. The van der Waals surface area contributed by atoms with Gasteiger partial charge >= 0.3 is 0 Å². The first-order chi connectivity index (χ1) is 8.40. The van der Waals surface area contributed by atoms with E-state index in [9.17, 15) is 14.7 Å². The minimum atomic E-state index is -0.563. The lowest BCUT2D eigenvalue weighted by molar-refractivity contribution is -0.140. The van der Waals surface area contributed by atoms with E-state index in [1.165, 1.54) is 4.90 Å². The van der Waals surface area contributed by atoms with Gasteiger partial charge in [0.05, 0.1) is 5.41 Å². The summed E-state index contributed by atoms with van der Waals surface area (Å²) >= 11 is 0. The van der Waals surface area contributed by atoms with Gasteiger partial charge in [-0.1, -0.05) is 26.0 Å². The first-order valence-corrected chi connectivity index (χ1v) is 6.03. The Morgan fingerprint density at radius 1 is 1.22 bits per heavy atom. The van der Waals surface area contributed by atoms with Crippen molar-refractivity contribution in [3.8, 4) is 5.75 Å². The molecule has 1 aliphatic rings. The summed E-state index contributed by atoms with van der Waals surface area (Å²) in [5.41, 5.74) is 0.435. The summed E-state index contributed by atoms with van der Waals surface area (Å²) in [6.07, 6.45) is 0.912. The summed E-state index contributed by atoms with van der Waals surface area (Å²) in [6.45, 7) is 4.01. The minimum absolute atomic E-state index is 0.0914. The minimum Gasteiger partial charge on any atom is -0.508 e. The highest BCUT2D eigenvalue weighted by Crippen LogP contribution is 2.31. The molecular formula is C14H17NO3. The van der Waals surface area contributed by atoms with E-state index in [4.69, 9.17) is 0 Å². The molecule has 0 atom stereocenters. The number of carbonyl (C=O) groups excluding carboxylic acids is 2. The van der Waals surface area contributed by atoms with Gasteiger partial charge in [0.1, 0.15) is 5.75 Å². The number of hydrogen-bond donors (Lipinski definition) is 1. The maximum absolute atomic E-state index is 12.0. The van der Waals surface area contributed by atoms with Crippen molar-refractivity contribution in [3.05, 3.63) is 29.8 Å². The van der Waals surface area contributed by atoms with Crippen molar-refractivity contribution >= 4 is 11.8 Å². The van der Waals surface area contributed by atoms with Crippen LogP contribution in [0.15, 0.2) is 24.3 Å². The summed E-state index contributed by atoms with van der Waals surface area (Å²) in [4.78, 5) is 25.1. The molecule has 1 N–H and O–H groups in total. The molecule has 0 aliphatic carbocycles. The summed E-state index contributed by atoms with van der Waals surface area (Å²) < 4.78 is 0. The molecule has 1 aromatic carbocycles. The number of aromatic hydroxyl groups is 1. The van der Waals surface area contributed by atoms with Gasteiger partial charge in [0.15, 0.2) is 0 Å². The van der Waals surface area contributed by atoms with E-state index in [0.29, 0.717) is 19.4 Å². The third-order valence-electron chi connectivity index (χ3n) is 3.28. The summed E-state index contributed by atoms with van der Waals surface area (Å²) in [7, 11) is 0. The van der Waals surface area contributed by atoms with Crippen LogP contribution in [-0.4, -0.2) is 28.4 Å². The van der Waals surface area contributed by atoms with Crippen LogP contribution in [0.5, 0.6) is 5.75 Å². The van der Waals surface area contributed by atoms with E-state index in [1.54, 1.807) is 38.1 Å². The maximum Gasteiger partial charge on any atom is 0.235 e. The van der Waals surface area contributed by atoms with Crippen LogP contribution >= 0.6 is 0 Å². The van der Waals surface area contributed by atoms with Crippen LogP contribution in [0.25, 0.3) is 0 Å². The second-order valence-corrected chi connectivity index (χ2v) is 5.33. The van der Waals surface area contributed by atoms with Crippen molar-refractivity contribution in [2.45, 2.75) is 26.7 Å². The number of benzene rings is 1. The molecule has 0 spiro atoms. The zero-order valence-corrected chi connectivity index (χ0v) is 10.6. The SMILES string of the molecule is CC1(C)CC(=O)N(CCc2ccc(O)cc2)C1=O. The van der Waals surface area contributed by atoms with Gasteiger partial charge in [0, 0.05) is 13.0 Å². The first-order valence-electron chi connectivity index (χ1n) is 6.03. The highest BCUT2D eigenvalue weighted by atomic mass is 16.3. The van der Waals surface area contributed by atoms with E-state index in [-0.39, 0.29) is 17.6 Å². The number of imide groups is 1. The van der Waals surface area contributed by atoms with Gasteiger partial charge in [0.25, 0.3) is 0 Å². The van der Waals surface area contributed by atoms with Crippen molar-refractivity contribution in [2.24, 2.45) is 5.41 Å². The fourth-order valence-corrected chi connectivity index (χ4v) is 2.16. The smallest absolute Gasteiger partial charge is 0.235 e. The Morgan fingerprint density at radius 2 is 1.83 bits per heavy atom. The Hall–Kier alpha value is -1.84. The molecule has 0 radical (unpaired) electrons. The summed E-state index contributed by atoms with van der Waals surface area (Å²) in [5, 5.41) is 9.17. The van der Waals surface area contributed by atoms with E-state index >= 15 is 0 Å². The van der Waals surface area contributed by atoms with Crippen molar-refractivity contribution < 1.29 is 14.7 Å². The lowest BCUT2D eigenvalue weighted by Crippen LogP contribution is -2.34. The molecule has 1 aromatic rings. The molecule has 1 fully saturated rings. The molecule has 18 heavy (non-hydrogen) atoms. The van der Waals surface area contributed by atoms with E-state index in [2.05, 4.69) is 0 Å². The molecule has 4 heteroatoms. The molecule has 1 saturated heterocycles. The fraction of sp³-hybridized carbons (Fsp3) is 0.429. The number of rotatable bonds is 3. The number of amides is 2. The normalized spacial score (nSPS) is 18.4. The van der Waals surface area contributed by atoms with Gasteiger partial charge in [-0.05, 0) is 24.1 Å². The monoisotopic (exact) mass is 247 g/mol. The Kier molecular flexibility index (Phi) is 3.11. The van der Waals surface area contributed by atoms with Crippen LogP contribution in [0.1, 0.15) is 25.8 Å². The molecule has 0 unspecified atom stereocenters. The second-order valence-electron chi connectivity index (χ2n) is 5.33. The molecule has 96 valence electrons. The third kappa shape index (κ3) is 2.37. The fourth-order valence-electron chi connectivity index (χ4n) is 2.16. The number of phenols is 1. The number of carbonyl (C=O) groups is 2. The van der Waals surface area contributed by atoms with Gasteiger partial charge in [0.2, 0.25) is 11.8 Å². The highest BCUT2D eigenvalue weighted by Gasteiger charge is 2.44. The van der Waals surface area contributed by atoms with E-state index < -0.39 is 5.41 Å². The zero-order chi connectivity index (χ0) is 13.3. The number of likely N-dealkylation sites (tertiary alicyclic amines) is 1. The Balaban J connectivity index is 2.01. The predicted molar refractivity (Wildman–Crippen MR) is 66.9 cm³/mol. The molecule has 0 bridgehead atoms. The van der Waals surface area contributed by atoms with Gasteiger partial charge < -0.3 is 5.11 Å². The van der Waals surface area contributed by atoms with Crippen molar-refractivity contribution in [3.63, 3.8) is 0 Å². The largest absolute Gasteiger partial charge is 0.508 e. The number of nitrogens with zero attached hydrogens (tertiary/aromatic N) is 1. The van der Waals surface area contributed by atoms with Crippen LogP contribution in [0.3, 0.4) is 0 Å². The topological polar surface area (TPSA) is 57.6 Å². The predicted octanol–water partition coefficient (Wildman–Crippen LogP) is 1.72. The van der Waals surface area contributed by atoms with Crippen molar-refractivity contribution in [1.29, 1.82) is 0 Å². The molecule has 1 aliphatic heterocycles. The summed E-state index contributed by atoms with van der Waals surface area (Å²) in [5.74, 6) is 0.0308. The lowest BCUT2D eigenvalue weighted by Gasteiger charge is -2.17. The average molecular weight is 247 g/mol. The lowest BCUT2D eigenvalue weighted by atomic mass is 9.92. The van der Waals surface area contributed by atoms with Crippen LogP contribution in [0.2, 0.25) is 0 Å².